The maximum absolute atomic E-state index is 11.3. The van der Waals surface area contributed by atoms with Crippen molar-refractivity contribution in [2.24, 2.45) is 0 Å². The van der Waals surface area contributed by atoms with E-state index in [0.29, 0.717) is 6.61 Å². The Balaban J connectivity index is 2.60. The van der Waals surface area contributed by atoms with E-state index < -0.39 is 7.37 Å². The third-order valence-electron chi connectivity index (χ3n) is 1.62. The van der Waals surface area contributed by atoms with Crippen molar-refractivity contribution in [3.05, 3.63) is 35.4 Å². The largest absolute Gasteiger partial charge is 0.324 e. The zero-order chi connectivity index (χ0) is 9.90. The van der Waals surface area contributed by atoms with Crippen LogP contribution in [0.4, 0.5) is 0 Å². The molecule has 0 heterocycles. The lowest BCUT2D eigenvalue weighted by atomic mass is 10.1. The quantitative estimate of drug-likeness (QED) is 0.698. The molecule has 2 nitrogen and oxygen atoms in total. The van der Waals surface area contributed by atoms with E-state index in [1.807, 2.05) is 31.2 Å². The Morgan fingerprint density at radius 3 is 2.62 bits per heavy atom. The number of rotatable bonds is 3. The normalized spacial score (nSPS) is 11.6. The summed E-state index contributed by atoms with van der Waals surface area (Å²) in [5.74, 6) is 0. The average molecular weight is 198 g/mol. The van der Waals surface area contributed by atoms with E-state index in [2.05, 4.69) is 0 Å². The molecule has 0 saturated heterocycles. The zero-order valence-corrected chi connectivity index (χ0v) is 9.17. The molecule has 1 aromatic rings. The smallest absolute Gasteiger partial charge is 0.197 e. The molecule has 0 aromatic heterocycles. The molecule has 0 saturated carbocycles. The molecule has 0 fully saturated rings. The van der Waals surface area contributed by atoms with Gasteiger partial charge < -0.3 is 4.52 Å². The molecule has 72 valence electrons. The number of hydrogen-bond donors (Lipinski definition) is 0. The molecule has 0 amide bonds. The van der Waals surface area contributed by atoms with Crippen LogP contribution in [0.5, 0.6) is 0 Å². The average Bonchev–Trinajstić information content (AvgIpc) is 2.00. The number of hydrogen-bond acceptors (Lipinski definition) is 2. The van der Waals surface area contributed by atoms with Crippen LogP contribution in [-0.4, -0.2) is 13.3 Å². The Kier molecular flexibility index (Phi) is 3.29. The molecule has 0 unspecified atom stereocenters. The lowest BCUT2D eigenvalue weighted by Gasteiger charge is -2.08. The van der Waals surface area contributed by atoms with Crippen molar-refractivity contribution in [3.63, 3.8) is 0 Å². The summed E-state index contributed by atoms with van der Waals surface area (Å²) < 4.78 is 16.5. The summed E-state index contributed by atoms with van der Waals surface area (Å²) in [6.45, 7) is 5.72. The van der Waals surface area contributed by atoms with Crippen molar-refractivity contribution in [2.75, 3.05) is 13.3 Å². The number of aryl methyl sites for hydroxylation is 1. The Morgan fingerprint density at radius 2 is 2.08 bits per heavy atom. The first-order valence-corrected chi connectivity index (χ1v) is 6.74. The van der Waals surface area contributed by atoms with Gasteiger partial charge in [0.2, 0.25) is 0 Å². The van der Waals surface area contributed by atoms with Crippen LogP contribution in [0.2, 0.25) is 0 Å². The van der Waals surface area contributed by atoms with E-state index in [-0.39, 0.29) is 0 Å². The van der Waals surface area contributed by atoms with Gasteiger partial charge in [-0.15, -0.1) is 0 Å². The van der Waals surface area contributed by atoms with Gasteiger partial charge in [0.05, 0.1) is 6.61 Å². The molecule has 1 aromatic carbocycles. The van der Waals surface area contributed by atoms with Crippen molar-refractivity contribution in [2.45, 2.75) is 13.5 Å². The van der Waals surface area contributed by atoms with Crippen LogP contribution in [0.25, 0.3) is 0 Å². The third kappa shape index (κ3) is 4.25. The summed E-state index contributed by atoms with van der Waals surface area (Å²) in [6, 6.07) is 8.02. The maximum Gasteiger partial charge on any atom is 0.197 e. The lowest BCUT2D eigenvalue weighted by Crippen LogP contribution is -1.90. The van der Waals surface area contributed by atoms with Gasteiger partial charge in [0.15, 0.2) is 7.37 Å². The Labute approximate surface area is 79.4 Å². The second-order valence-electron chi connectivity index (χ2n) is 3.51. The van der Waals surface area contributed by atoms with E-state index in [0.717, 1.165) is 5.56 Å². The van der Waals surface area contributed by atoms with Gasteiger partial charge in [-0.05, 0) is 12.5 Å². The van der Waals surface area contributed by atoms with Crippen LogP contribution in [0.1, 0.15) is 11.1 Å². The highest BCUT2D eigenvalue weighted by Crippen LogP contribution is 2.38. The summed E-state index contributed by atoms with van der Waals surface area (Å²) in [5, 5.41) is 0. The summed E-state index contributed by atoms with van der Waals surface area (Å²) in [4.78, 5) is 0. The standard InChI is InChI=1S/C10H15O2P/c1-9-5-4-6-10(7-9)8-12-13(2,3)11/h4-7H,8H2,1-3H3. The minimum Gasteiger partial charge on any atom is -0.324 e. The molecule has 0 atom stereocenters. The van der Waals surface area contributed by atoms with E-state index in [1.54, 1.807) is 13.3 Å². The molecular formula is C10H15O2P. The summed E-state index contributed by atoms with van der Waals surface area (Å²) in [6.07, 6.45) is 0. The molecule has 0 bridgehead atoms. The molecule has 3 heteroatoms. The molecular weight excluding hydrogens is 183 g/mol. The van der Waals surface area contributed by atoms with Crippen molar-refractivity contribution in [3.8, 4) is 0 Å². The summed E-state index contributed by atoms with van der Waals surface area (Å²) in [5.41, 5.74) is 2.27. The van der Waals surface area contributed by atoms with Gasteiger partial charge in [-0.25, -0.2) is 0 Å². The zero-order valence-electron chi connectivity index (χ0n) is 8.28. The molecule has 0 aliphatic carbocycles. The Morgan fingerprint density at radius 1 is 1.38 bits per heavy atom. The second-order valence-corrected chi connectivity index (χ2v) is 6.28. The monoisotopic (exact) mass is 198 g/mol. The van der Waals surface area contributed by atoms with Crippen LogP contribution in [0.3, 0.4) is 0 Å². The van der Waals surface area contributed by atoms with E-state index in [9.17, 15) is 4.57 Å². The first kappa shape index (κ1) is 10.5. The predicted molar refractivity (Wildman–Crippen MR) is 55.4 cm³/mol. The van der Waals surface area contributed by atoms with E-state index >= 15 is 0 Å². The minimum absolute atomic E-state index is 0.436. The maximum atomic E-state index is 11.3. The highest BCUT2D eigenvalue weighted by atomic mass is 31.2. The predicted octanol–water partition coefficient (Wildman–Crippen LogP) is 3.05. The molecule has 0 N–H and O–H groups in total. The number of benzene rings is 1. The van der Waals surface area contributed by atoms with E-state index in [4.69, 9.17) is 4.52 Å². The fourth-order valence-electron chi connectivity index (χ4n) is 1.03. The molecule has 0 spiro atoms. The van der Waals surface area contributed by atoms with Crippen molar-refractivity contribution in [1.29, 1.82) is 0 Å². The minimum atomic E-state index is -2.35. The highest BCUT2D eigenvalue weighted by Gasteiger charge is 2.06. The van der Waals surface area contributed by atoms with Crippen molar-refractivity contribution < 1.29 is 9.09 Å². The molecule has 13 heavy (non-hydrogen) atoms. The molecule has 0 aliphatic rings. The van der Waals surface area contributed by atoms with Gasteiger partial charge in [0, 0.05) is 13.3 Å². The van der Waals surface area contributed by atoms with Gasteiger partial charge in [-0.3, -0.25) is 4.57 Å². The fourth-order valence-corrected chi connectivity index (χ4v) is 1.49. The SMILES string of the molecule is Cc1cccc(COP(C)(C)=O)c1. The van der Waals surface area contributed by atoms with Crippen LogP contribution in [0.15, 0.2) is 24.3 Å². The molecule has 1 rings (SSSR count). The highest BCUT2D eigenvalue weighted by molar-refractivity contribution is 7.57. The van der Waals surface area contributed by atoms with Gasteiger partial charge in [-0.2, -0.15) is 0 Å². The lowest BCUT2D eigenvalue weighted by molar-refractivity contribution is 0.310. The van der Waals surface area contributed by atoms with Crippen LogP contribution in [0, 0.1) is 6.92 Å². The van der Waals surface area contributed by atoms with E-state index in [1.165, 1.54) is 5.56 Å². The first-order chi connectivity index (χ1) is 5.97. The molecule has 0 radical (unpaired) electrons. The Hall–Kier alpha value is -0.590. The first-order valence-electron chi connectivity index (χ1n) is 4.22. The second kappa shape index (κ2) is 4.08. The third-order valence-corrected chi connectivity index (χ3v) is 2.38. The van der Waals surface area contributed by atoms with Crippen molar-refractivity contribution >= 4 is 7.37 Å². The molecule has 0 aliphatic heterocycles. The van der Waals surface area contributed by atoms with Gasteiger partial charge in [0.25, 0.3) is 0 Å². The van der Waals surface area contributed by atoms with Crippen LogP contribution >= 0.6 is 7.37 Å². The summed E-state index contributed by atoms with van der Waals surface area (Å²) in [7, 11) is -2.35. The summed E-state index contributed by atoms with van der Waals surface area (Å²) >= 11 is 0. The van der Waals surface area contributed by atoms with Gasteiger partial charge in [-0.1, -0.05) is 29.8 Å². The van der Waals surface area contributed by atoms with Crippen LogP contribution < -0.4 is 0 Å². The Bertz CT molecular complexity index is 327. The van der Waals surface area contributed by atoms with Gasteiger partial charge >= 0.3 is 0 Å². The topological polar surface area (TPSA) is 26.3 Å². The van der Waals surface area contributed by atoms with Gasteiger partial charge in [0.1, 0.15) is 0 Å². The van der Waals surface area contributed by atoms with Crippen molar-refractivity contribution in [1.82, 2.24) is 0 Å². The van der Waals surface area contributed by atoms with Crippen LogP contribution in [-0.2, 0) is 15.7 Å². The fraction of sp³-hybridized carbons (Fsp3) is 0.400.